The quantitative estimate of drug-likeness (QED) is 0.857. The lowest BCUT2D eigenvalue weighted by Crippen LogP contribution is -2.24. The number of carbonyl (C=O) groups excluding carboxylic acids is 1. The maximum absolute atomic E-state index is 11.9. The molecule has 2 N–H and O–H groups in total. The van der Waals surface area contributed by atoms with Crippen LogP contribution in [-0.2, 0) is 6.54 Å². The van der Waals surface area contributed by atoms with Crippen LogP contribution in [-0.4, -0.2) is 27.1 Å². The van der Waals surface area contributed by atoms with Gasteiger partial charge in [-0.25, -0.2) is 0 Å². The molecule has 0 spiro atoms. The topological polar surface area (TPSA) is 79.8 Å². The van der Waals surface area contributed by atoms with E-state index < -0.39 is 0 Å². The van der Waals surface area contributed by atoms with Gasteiger partial charge in [0.15, 0.2) is 5.69 Å². The number of amides is 1. The summed E-state index contributed by atoms with van der Waals surface area (Å²) in [6.45, 7) is 0.427. The highest BCUT2D eigenvalue weighted by Gasteiger charge is 2.21. The Morgan fingerprint density at radius 3 is 2.80 bits per heavy atom. The molecule has 3 rings (SSSR count). The van der Waals surface area contributed by atoms with Crippen LogP contribution in [0.3, 0.4) is 0 Å². The first kappa shape index (κ1) is 12.5. The molecule has 6 nitrogen and oxygen atoms in total. The second kappa shape index (κ2) is 5.64. The predicted octanol–water partition coefficient (Wildman–Crippen LogP) is 1.38. The van der Waals surface area contributed by atoms with Gasteiger partial charge >= 0.3 is 0 Å². The lowest BCUT2D eigenvalue weighted by molar-refractivity contribution is 0.0945. The van der Waals surface area contributed by atoms with Crippen molar-refractivity contribution in [3.63, 3.8) is 0 Å². The number of hydrogen-bond acceptors (Lipinski definition) is 5. The number of nitrogens with zero attached hydrogens (tertiary/aromatic N) is 3. The summed E-state index contributed by atoms with van der Waals surface area (Å²) in [5.74, 6) is 0.482. The van der Waals surface area contributed by atoms with E-state index in [0.717, 1.165) is 11.4 Å². The van der Waals surface area contributed by atoms with Crippen LogP contribution in [0.25, 0.3) is 0 Å². The Balaban J connectivity index is 1.56. The van der Waals surface area contributed by atoms with Gasteiger partial charge in [-0.15, -0.1) is 10.2 Å². The average molecular weight is 269 g/mol. The Morgan fingerprint density at radius 2 is 2.15 bits per heavy atom. The highest BCUT2D eigenvalue weighted by atomic mass is 16.1. The fourth-order valence-corrected chi connectivity index (χ4v) is 1.74. The molecule has 1 saturated carbocycles. The molecule has 2 heterocycles. The number of pyridine rings is 1. The molecule has 102 valence electrons. The molecule has 20 heavy (non-hydrogen) atoms. The molecular formula is C14H15N5O. The lowest BCUT2D eigenvalue weighted by atomic mass is 10.3. The summed E-state index contributed by atoms with van der Waals surface area (Å²) in [6.07, 6.45) is 5.76. The van der Waals surface area contributed by atoms with Crippen LogP contribution in [0.4, 0.5) is 5.82 Å². The van der Waals surface area contributed by atoms with Crippen molar-refractivity contribution in [3.05, 3.63) is 47.9 Å². The number of carbonyl (C=O) groups is 1. The molecule has 6 heteroatoms. The second-order valence-corrected chi connectivity index (χ2v) is 4.77. The Kier molecular flexibility index (Phi) is 3.54. The first-order valence-corrected chi connectivity index (χ1v) is 6.58. The van der Waals surface area contributed by atoms with Gasteiger partial charge in [0.1, 0.15) is 5.82 Å². The van der Waals surface area contributed by atoms with Gasteiger partial charge in [-0.2, -0.15) is 0 Å². The highest BCUT2D eigenvalue weighted by Crippen LogP contribution is 2.23. The summed E-state index contributed by atoms with van der Waals surface area (Å²) < 4.78 is 0. The third-order valence-electron chi connectivity index (χ3n) is 3.00. The maximum Gasteiger partial charge on any atom is 0.272 e. The first-order valence-electron chi connectivity index (χ1n) is 6.58. The van der Waals surface area contributed by atoms with Gasteiger partial charge < -0.3 is 10.6 Å². The van der Waals surface area contributed by atoms with Gasteiger partial charge in [-0.1, -0.05) is 6.07 Å². The van der Waals surface area contributed by atoms with E-state index in [0.29, 0.717) is 18.3 Å². The minimum absolute atomic E-state index is 0.237. The summed E-state index contributed by atoms with van der Waals surface area (Å²) in [5, 5.41) is 13.9. The van der Waals surface area contributed by atoms with Crippen molar-refractivity contribution in [2.24, 2.45) is 0 Å². The molecule has 1 amide bonds. The third kappa shape index (κ3) is 3.28. The van der Waals surface area contributed by atoms with E-state index in [2.05, 4.69) is 25.8 Å². The molecule has 0 aromatic carbocycles. The van der Waals surface area contributed by atoms with Crippen LogP contribution in [0.1, 0.15) is 28.9 Å². The maximum atomic E-state index is 11.9. The van der Waals surface area contributed by atoms with Gasteiger partial charge in [0.05, 0.1) is 0 Å². The highest BCUT2D eigenvalue weighted by molar-refractivity contribution is 5.92. The number of hydrogen-bond donors (Lipinski definition) is 2. The Labute approximate surface area is 116 Å². The Bertz CT molecular complexity index is 580. The fraction of sp³-hybridized carbons (Fsp3) is 0.286. The van der Waals surface area contributed by atoms with Crippen LogP contribution < -0.4 is 10.6 Å². The molecule has 0 unspecified atom stereocenters. The van der Waals surface area contributed by atoms with E-state index in [1.54, 1.807) is 24.5 Å². The van der Waals surface area contributed by atoms with E-state index >= 15 is 0 Å². The van der Waals surface area contributed by atoms with Crippen molar-refractivity contribution < 1.29 is 4.79 Å². The molecular weight excluding hydrogens is 254 g/mol. The zero-order chi connectivity index (χ0) is 13.8. The zero-order valence-corrected chi connectivity index (χ0v) is 10.9. The Hall–Kier alpha value is -2.50. The summed E-state index contributed by atoms with van der Waals surface area (Å²) in [5.41, 5.74) is 1.26. The standard InChI is InChI=1S/C14H15N5O/c20-14(16-9-10-2-1-7-15-8-10)12-5-6-13(19-18-12)17-11-3-4-11/h1-2,5-8,11H,3-4,9H2,(H,16,20)(H,17,19). The van der Waals surface area contributed by atoms with Crippen molar-refractivity contribution in [1.29, 1.82) is 0 Å². The van der Waals surface area contributed by atoms with E-state index in [1.165, 1.54) is 12.8 Å². The number of aromatic nitrogens is 3. The first-order chi connectivity index (χ1) is 9.81. The molecule has 0 saturated heterocycles. The van der Waals surface area contributed by atoms with Gasteiger partial charge in [0.2, 0.25) is 0 Å². The molecule has 2 aromatic rings. The molecule has 1 aliphatic carbocycles. The SMILES string of the molecule is O=C(NCc1cccnc1)c1ccc(NC2CC2)nn1. The van der Waals surface area contributed by atoms with Gasteiger partial charge in [-0.05, 0) is 36.6 Å². The van der Waals surface area contributed by atoms with Crippen LogP contribution in [0, 0.1) is 0 Å². The molecule has 2 aromatic heterocycles. The van der Waals surface area contributed by atoms with Gasteiger partial charge in [-0.3, -0.25) is 9.78 Å². The number of anilines is 1. The van der Waals surface area contributed by atoms with Crippen LogP contribution >= 0.6 is 0 Å². The smallest absolute Gasteiger partial charge is 0.272 e. The minimum Gasteiger partial charge on any atom is -0.366 e. The van der Waals surface area contributed by atoms with Crippen molar-refractivity contribution in [3.8, 4) is 0 Å². The van der Waals surface area contributed by atoms with Crippen molar-refractivity contribution in [2.75, 3.05) is 5.32 Å². The molecule has 0 atom stereocenters. The summed E-state index contributed by atoms with van der Waals surface area (Å²) in [4.78, 5) is 15.9. The van der Waals surface area contributed by atoms with Crippen molar-refractivity contribution in [1.82, 2.24) is 20.5 Å². The average Bonchev–Trinajstić information content (AvgIpc) is 3.31. The molecule has 1 fully saturated rings. The van der Waals surface area contributed by atoms with Crippen molar-refractivity contribution >= 4 is 11.7 Å². The van der Waals surface area contributed by atoms with Gasteiger partial charge in [0.25, 0.3) is 5.91 Å². The van der Waals surface area contributed by atoms with Crippen LogP contribution in [0.15, 0.2) is 36.7 Å². The molecule has 0 bridgehead atoms. The third-order valence-corrected chi connectivity index (χ3v) is 3.00. The number of nitrogens with one attached hydrogen (secondary N) is 2. The largest absolute Gasteiger partial charge is 0.366 e. The molecule has 1 aliphatic rings. The summed E-state index contributed by atoms with van der Waals surface area (Å²) >= 11 is 0. The second-order valence-electron chi connectivity index (χ2n) is 4.77. The van der Waals surface area contributed by atoms with Gasteiger partial charge in [0, 0.05) is 25.0 Å². The van der Waals surface area contributed by atoms with Crippen LogP contribution in [0.5, 0.6) is 0 Å². The van der Waals surface area contributed by atoms with E-state index in [1.807, 2.05) is 12.1 Å². The van der Waals surface area contributed by atoms with Crippen molar-refractivity contribution in [2.45, 2.75) is 25.4 Å². The normalized spacial score (nSPS) is 13.8. The monoisotopic (exact) mass is 269 g/mol. The number of rotatable bonds is 5. The summed E-state index contributed by atoms with van der Waals surface area (Å²) in [6, 6.07) is 7.72. The lowest BCUT2D eigenvalue weighted by Gasteiger charge is -2.05. The minimum atomic E-state index is -0.237. The van der Waals surface area contributed by atoms with Crippen LogP contribution in [0.2, 0.25) is 0 Å². The Morgan fingerprint density at radius 1 is 1.25 bits per heavy atom. The molecule has 0 radical (unpaired) electrons. The van der Waals surface area contributed by atoms with E-state index in [9.17, 15) is 4.79 Å². The van der Waals surface area contributed by atoms with E-state index in [4.69, 9.17) is 0 Å². The predicted molar refractivity (Wildman–Crippen MR) is 74.1 cm³/mol. The zero-order valence-electron chi connectivity index (χ0n) is 10.9. The van der Waals surface area contributed by atoms with E-state index in [-0.39, 0.29) is 5.91 Å². The fourth-order valence-electron chi connectivity index (χ4n) is 1.74. The molecule has 0 aliphatic heterocycles. The summed E-state index contributed by atoms with van der Waals surface area (Å²) in [7, 11) is 0.